The lowest BCUT2D eigenvalue weighted by molar-refractivity contribution is 0.0973. The van der Waals surface area contributed by atoms with E-state index in [-0.39, 0.29) is 20.6 Å². The van der Waals surface area contributed by atoms with Gasteiger partial charge in [0.2, 0.25) is 0 Å². The summed E-state index contributed by atoms with van der Waals surface area (Å²) in [4.78, 5) is 12.3. The zero-order chi connectivity index (χ0) is 15.6. The van der Waals surface area contributed by atoms with E-state index in [2.05, 4.69) is 15.9 Å². The fourth-order valence-electron chi connectivity index (χ4n) is 1.86. The third-order valence-electron chi connectivity index (χ3n) is 2.90. The van der Waals surface area contributed by atoms with Crippen LogP contribution >= 0.6 is 27.5 Å². The molecule has 0 aliphatic rings. The smallest absolute Gasteiger partial charge is 0.187 e. The van der Waals surface area contributed by atoms with Gasteiger partial charge in [-0.15, -0.1) is 0 Å². The lowest BCUT2D eigenvalue weighted by atomic mass is 9.91. The first-order valence-corrected chi connectivity index (χ1v) is 6.96. The van der Waals surface area contributed by atoms with Crippen molar-refractivity contribution in [3.05, 3.63) is 68.7 Å². The van der Waals surface area contributed by atoms with Crippen LogP contribution < -0.4 is 0 Å². The largest absolute Gasteiger partial charge is 0.292 e. The number of rotatable bonds is 3. The minimum absolute atomic E-state index is 0.0941. The Hall–Kier alpha value is -1.77. The number of hydrogen-bond donors (Lipinski definition) is 0. The minimum atomic E-state index is -1.47. The number of carbonyl (C=O) groups excluding carboxylic acids is 1. The van der Waals surface area contributed by atoms with Crippen LogP contribution in [0.25, 0.3) is 0 Å². The van der Waals surface area contributed by atoms with Crippen LogP contribution in [0, 0.1) is 23.0 Å². The Kier molecular flexibility index (Phi) is 4.71. The Morgan fingerprint density at radius 1 is 1.19 bits per heavy atom. The molecule has 1 unspecified atom stereocenters. The summed E-state index contributed by atoms with van der Waals surface area (Å²) in [6, 6.07) is 9.84. The maximum atomic E-state index is 14.0. The van der Waals surface area contributed by atoms with E-state index in [1.807, 2.05) is 0 Å². The van der Waals surface area contributed by atoms with Crippen LogP contribution in [0.3, 0.4) is 0 Å². The van der Waals surface area contributed by atoms with E-state index in [1.54, 1.807) is 6.07 Å². The molecular formula is C15H7BrClF2NO. The van der Waals surface area contributed by atoms with Crippen molar-refractivity contribution in [3.8, 4) is 6.07 Å². The van der Waals surface area contributed by atoms with Gasteiger partial charge in [-0.2, -0.15) is 5.26 Å². The molecule has 21 heavy (non-hydrogen) atoms. The van der Waals surface area contributed by atoms with Gasteiger partial charge in [-0.05, 0) is 34.1 Å². The molecule has 0 fully saturated rings. The van der Waals surface area contributed by atoms with Crippen LogP contribution in [-0.2, 0) is 0 Å². The molecule has 0 saturated heterocycles. The van der Waals surface area contributed by atoms with E-state index in [1.165, 1.54) is 36.4 Å². The lowest BCUT2D eigenvalue weighted by Gasteiger charge is -2.11. The van der Waals surface area contributed by atoms with Gasteiger partial charge in [-0.3, -0.25) is 4.79 Å². The van der Waals surface area contributed by atoms with Crippen molar-refractivity contribution in [1.82, 2.24) is 0 Å². The predicted octanol–water partition coefficient (Wildman–Crippen LogP) is 4.87. The molecule has 6 heteroatoms. The summed E-state index contributed by atoms with van der Waals surface area (Å²) in [5.74, 6) is -3.93. The summed E-state index contributed by atoms with van der Waals surface area (Å²) in [5.41, 5.74) is -0.454. The van der Waals surface area contributed by atoms with Crippen LogP contribution in [0.4, 0.5) is 8.78 Å². The topological polar surface area (TPSA) is 40.9 Å². The Morgan fingerprint density at radius 2 is 1.86 bits per heavy atom. The average molecular weight is 371 g/mol. The first-order chi connectivity index (χ1) is 9.97. The third-order valence-corrected chi connectivity index (χ3v) is 3.81. The average Bonchev–Trinajstić information content (AvgIpc) is 2.47. The lowest BCUT2D eigenvalue weighted by Crippen LogP contribution is -2.14. The number of carbonyl (C=O) groups is 1. The standard InChI is InChI=1S/C15H7BrClF2NO/c16-11-5-1-4-9(13(11)18)15(21)10(7-20)8-3-2-6-12(17)14(8)19/h1-6,10H. The molecule has 0 spiro atoms. The predicted molar refractivity (Wildman–Crippen MR) is 78.2 cm³/mol. The zero-order valence-electron chi connectivity index (χ0n) is 10.4. The molecule has 2 nitrogen and oxygen atoms in total. The number of nitriles is 1. The summed E-state index contributed by atoms with van der Waals surface area (Å²) in [7, 11) is 0. The molecular weight excluding hydrogens is 364 g/mol. The fraction of sp³-hybridized carbons (Fsp3) is 0.0667. The van der Waals surface area contributed by atoms with Crippen molar-refractivity contribution < 1.29 is 13.6 Å². The van der Waals surface area contributed by atoms with Crippen LogP contribution in [0.15, 0.2) is 40.9 Å². The minimum Gasteiger partial charge on any atom is -0.292 e. The molecule has 0 amide bonds. The van der Waals surface area contributed by atoms with E-state index in [0.29, 0.717) is 0 Å². The highest BCUT2D eigenvalue weighted by molar-refractivity contribution is 9.10. The van der Waals surface area contributed by atoms with Gasteiger partial charge in [0.15, 0.2) is 5.78 Å². The number of halogens is 4. The van der Waals surface area contributed by atoms with Gasteiger partial charge in [0.1, 0.15) is 17.6 Å². The summed E-state index contributed by atoms with van der Waals surface area (Å²) >= 11 is 8.61. The Labute approximate surface area is 133 Å². The molecule has 0 radical (unpaired) electrons. The van der Waals surface area contributed by atoms with Crippen molar-refractivity contribution in [2.24, 2.45) is 0 Å². The number of nitrogens with zero attached hydrogens (tertiary/aromatic N) is 1. The molecule has 2 aromatic rings. The maximum absolute atomic E-state index is 14.0. The number of hydrogen-bond acceptors (Lipinski definition) is 2. The van der Waals surface area contributed by atoms with Crippen LogP contribution in [0.2, 0.25) is 5.02 Å². The first-order valence-electron chi connectivity index (χ1n) is 5.79. The van der Waals surface area contributed by atoms with Gasteiger partial charge < -0.3 is 0 Å². The first kappa shape index (κ1) is 15.6. The van der Waals surface area contributed by atoms with Crippen molar-refractivity contribution in [2.75, 3.05) is 0 Å². The number of Topliss-reactive ketones (excluding diaryl/α,β-unsaturated/α-hetero) is 1. The van der Waals surface area contributed by atoms with Crippen molar-refractivity contribution in [2.45, 2.75) is 5.92 Å². The highest BCUT2D eigenvalue weighted by atomic mass is 79.9. The van der Waals surface area contributed by atoms with Crippen LogP contribution in [-0.4, -0.2) is 5.78 Å². The van der Waals surface area contributed by atoms with Crippen LogP contribution in [0.5, 0.6) is 0 Å². The van der Waals surface area contributed by atoms with E-state index >= 15 is 0 Å². The number of ketones is 1. The molecule has 0 N–H and O–H groups in total. The summed E-state index contributed by atoms with van der Waals surface area (Å²) < 4.78 is 28.0. The fourth-order valence-corrected chi connectivity index (χ4v) is 2.41. The van der Waals surface area contributed by atoms with E-state index < -0.39 is 23.3 Å². The van der Waals surface area contributed by atoms with Gasteiger partial charge >= 0.3 is 0 Å². The zero-order valence-corrected chi connectivity index (χ0v) is 12.8. The van der Waals surface area contributed by atoms with Crippen molar-refractivity contribution in [1.29, 1.82) is 5.26 Å². The van der Waals surface area contributed by atoms with Gasteiger partial charge in [-0.1, -0.05) is 29.8 Å². The molecule has 1 atom stereocenters. The summed E-state index contributed by atoms with van der Waals surface area (Å²) in [6.45, 7) is 0. The second-order valence-corrected chi connectivity index (χ2v) is 5.43. The second-order valence-electron chi connectivity index (χ2n) is 4.17. The Morgan fingerprint density at radius 3 is 2.52 bits per heavy atom. The molecule has 0 aromatic heterocycles. The highest BCUT2D eigenvalue weighted by Gasteiger charge is 2.28. The molecule has 0 aliphatic heterocycles. The quantitative estimate of drug-likeness (QED) is 0.723. The van der Waals surface area contributed by atoms with Crippen molar-refractivity contribution in [3.63, 3.8) is 0 Å². The second kappa shape index (κ2) is 6.33. The Bertz CT molecular complexity index is 758. The van der Waals surface area contributed by atoms with E-state index in [0.717, 1.165) is 0 Å². The molecule has 106 valence electrons. The SMILES string of the molecule is N#CC(C(=O)c1cccc(Br)c1F)c1cccc(Cl)c1F. The summed E-state index contributed by atoms with van der Waals surface area (Å²) in [6.07, 6.45) is 0. The molecule has 2 rings (SSSR count). The number of benzene rings is 2. The van der Waals surface area contributed by atoms with Gasteiger partial charge in [0.25, 0.3) is 0 Å². The van der Waals surface area contributed by atoms with Gasteiger partial charge in [0.05, 0.1) is 21.1 Å². The summed E-state index contributed by atoms with van der Waals surface area (Å²) in [5, 5.41) is 8.97. The monoisotopic (exact) mass is 369 g/mol. The van der Waals surface area contributed by atoms with E-state index in [9.17, 15) is 18.8 Å². The molecule has 0 saturated carbocycles. The molecule has 2 aromatic carbocycles. The van der Waals surface area contributed by atoms with Gasteiger partial charge in [0, 0.05) is 5.56 Å². The highest BCUT2D eigenvalue weighted by Crippen LogP contribution is 2.29. The molecule has 0 heterocycles. The van der Waals surface area contributed by atoms with E-state index in [4.69, 9.17) is 11.6 Å². The molecule has 0 bridgehead atoms. The third kappa shape index (κ3) is 2.97. The van der Waals surface area contributed by atoms with Crippen LogP contribution in [0.1, 0.15) is 21.8 Å². The Balaban J connectivity index is 2.52. The molecule has 0 aliphatic carbocycles. The van der Waals surface area contributed by atoms with Gasteiger partial charge in [-0.25, -0.2) is 8.78 Å². The normalized spacial score (nSPS) is 11.8. The maximum Gasteiger partial charge on any atom is 0.187 e. The van der Waals surface area contributed by atoms with Crippen molar-refractivity contribution >= 4 is 33.3 Å².